The van der Waals surface area contributed by atoms with Gasteiger partial charge in [0.05, 0.1) is 22.0 Å². The Hall–Kier alpha value is -2.05. The summed E-state index contributed by atoms with van der Waals surface area (Å²) in [5.41, 5.74) is 6.93. The molecule has 3 rings (SSSR count). The Balaban J connectivity index is 2.31. The number of hydrogen-bond donors (Lipinski definition) is 1. The summed E-state index contributed by atoms with van der Waals surface area (Å²) >= 11 is 5.97. The summed E-state index contributed by atoms with van der Waals surface area (Å²) in [6, 6.07) is 10.00. The van der Waals surface area contributed by atoms with E-state index < -0.39 is 11.7 Å². The summed E-state index contributed by atoms with van der Waals surface area (Å²) in [5, 5.41) is -0.0632. The molecule has 0 spiro atoms. The maximum atomic E-state index is 12.9. The summed E-state index contributed by atoms with van der Waals surface area (Å²) in [6.07, 6.45) is -3.51. The fraction of sp³-hybridized carbons (Fsp3) is 0.133. The van der Waals surface area contributed by atoms with E-state index in [1.165, 1.54) is 4.40 Å². The SMILES string of the molecule is NCc1c(-c2ccccc2)nc2c(Cl)cc(C(F)(F)F)cn12. The first-order valence-corrected chi connectivity index (χ1v) is 6.83. The molecule has 0 atom stereocenters. The van der Waals surface area contributed by atoms with Crippen LogP contribution in [-0.4, -0.2) is 9.38 Å². The van der Waals surface area contributed by atoms with Crippen LogP contribution < -0.4 is 5.73 Å². The topological polar surface area (TPSA) is 43.3 Å². The molecule has 3 nitrogen and oxygen atoms in total. The Labute approximate surface area is 129 Å². The van der Waals surface area contributed by atoms with Crippen LogP contribution in [-0.2, 0) is 12.7 Å². The second-order valence-electron chi connectivity index (χ2n) is 4.75. The van der Waals surface area contributed by atoms with Gasteiger partial charge in [-0.1, -0.05) is 41.9 Å². The van der Waals surface area contributed by atoms with Gasteiger partial charge in [-0.15, -0.1) is 0 Å². The molecule has 0 aliphatic carbocycles. The number of benzene rings is 1. The van der Waals surface area contributed by atoms with Gasteiger partial charge in [0.1, 0.15) is 0 Å². The first kappa shape index (κ1) is 14.9. The Kier molecular flexibility index (Phi) is 3.58. The van der Waals surface area contributed by atoms with Gasteiger partial charge in [0.15, 0.2) is 5.65 Å². The van der Waals surface area contributed by atoms with Gasteiger partial charge in [-0.25, -0.2) is 4.98 Å². The highest BCUT2D eigenvalue weighted by Gasteiger charge is 2.32. The number of imidazole rings is 1. The third-order valence-electron chi connectivity index (χ3n) is 3.34. The highest BCUT2D eigenvalue weighted by atomic mass is 35.5. The van der Waals surface area contributed by atoms with Crippen LogP contribution in [0.4, 0.5) is 13.2 Å². The maximum absolute atomic E-state index is 12.9. The van der Waals surface area contributed by atoms with Crippen LogP contribution in [0.15, 0.2) is 42.6 Å². The fourth-order valence-corrected chi connectivity index (χ4v) is 2.58. The zero-order chi connectivity index (χ0) is 15.9. The van der Waals surface area contributed by atoms with E-state index in [1.807, 2.05) is 30.3 Å². The lowest BCUT2D eigenvalue weighted by atomic mass is 10.1. The number of halogens is 4. The summed E-state index contributed by atoms with van der Waals surface area (Å²) in [6.45, 7) is 0.0447. The van der Waals surface area contributed by atoms with Crippen LogP contribution in [0.3, 0.4) is 0 Å². The molecule has 0 fully saturated rings. The molecule has 2 aromatic heterocycles. The van der Waals surface area contributed by atoms with Crippen molar-refractivity contribution in [3.05, 3.63) is 58.9 Å². The van der Waals surface area contributed by atoms with Crippen molar-refractivity contribution in [1.82, 2.24) is 9.38 Å². The lowest BCUT2D eigenvalue weighted by Crippen LogP contribution is -2.09. The predicted molar refractivity (Wildman–Crippen MR) is 78.5 cm³/mol. The zero-order valence-electron chi connectivity index (χ0n) is 11.2. The lowest BCUT2D eigenvalue weighted by Gasteiger charge is -2.09. The molecule has 7 heteroatoms. The Morgan fingerprint density at radius 3 is 2.45 bits per heavy atom. The van der Waals surface area contributed by atoms with Crippen molar-refractivity contribution in [3.63, 3.8) is 0 Å². The largest absolute Gasteiger partial charge is 0.417 e. The summed E-state index contributed by atoms with van der Waals surface area (Å²) in [7, 11) is 0. The molecule has 114 valence electrons. The molecule has 0 saturated carbocycles. The first-order chi connectivity index (χ1) is 10.4. The van der Waals surface area contributed by atoms with Crippen LogP contribution in [0, 0.1) is 0 Å². The standard InChI is InChI=1S/C15H11ClF3N3/c16-11-6-10(15(17,18)19)8-22-12(7-20)13(21-14(11)22)9-4-2-1-3-5-9/h1-6,8H,7,20H2. The van der Waals surface area contributed by atoms with Gasteiger partial charge in [-0.2, -0.15) is 13.2 Å². The number of nitrogens with zero attached hydrogens (tertiary/aromatic N) is 2. The number of rotatable bonds is 2. The molecular weight excluding hydrogens is 315 g/mol. The molecular formula is C15H11ClF3N3. The minimum atomic E-state index is -4.49. The van der Waals surface area contributed by atoms with Crippen molar-refractivity contribution < 1.29 is 13.2 Å². The number of fused-ring (bicyclic) bond motifs is 1. The Bertz CT molecular complexity index is 825. The van der Waals surface area contributed by atoms with Gasteiger partial charge in [0.2, 0.25) is 0 Å². The van der Waals surface area contributed by atoms with Crippen molar-refractivity contribution in [2.45, 2.75) is 12.7 Å². The van der Waals surface area contributed by atoms with Crippen molar-refractivity contribution >= 4 is 17.2 Å². The predicted octanol–water partition coefficient (Wildman–Crippen LogP) is 4.13. The number of aromatic nitrogens is 2. The van der Waals surface area contributed by atoms with E-state index in [0.717, 1.165) is 17.8 Å². The highest BCUT2D eigenvalue weighted by molar-refractivity contribution is 6.33. The van der Waals surface area contributed by atoms with Crippen LogP contribution in [0.1, 0.15) is 11.3 Å². The van der Waals surface area contributed by atoms with Crippen molar-refractivity contribution in [3.8, 4) is 11.3 Å². The van der Waals surface area contributed by atoms with E-state index in [9.17, 15) is 13.2 Å². The molecule has 0 saturated heterocycles. The van der Waals surface area contributed by atoms with E-state index in [0.29, 0.717) is 11.4 Å². The second-order valence-corrected chi connectivity index (χ2v) is 5.15. The van der Waals surface area contributed by atoms with Gasteiger partial charge in [0, 0.05) is 18.3 Å². The second kappa shape index (κ2) is 5.30. The van der Waals surface area contributed by atoms with E-state index in [4.69, 9.17) is 17.3 Å². The van der Waals surface area contributed by atoms with E-state index in [-0.39, 0.29) is 17.2 Å². The van der Waals surface area contributed by atoms with Crippen LogP contribution in [0.2, 0.25) is 5.02 Å². The molecule has 0 unspecified atom stereocenters. The molecule has 0 aliphatic rings. The van der Waals surface area contributed by atoms with Crippen molar-refractivity contribution in [2.75, 3.05) is 0 Å². The third kappa shape index (κ3) is 2.44. The quantitative estimate of drug-likeness (QED) is 0.769. The maximum Gasteiger partial charge on any atom is 0.417 e. The van der Waals surface area contributed by atoms with Crippen LogP contribution in [0.25, 0.3) is 16.9 Å². The average molecular weight is 326 g/mol. The normalized spacial score (nSPS) is 12.0. The van der Waals surface area contributed by atoms with Gasteiger partial charge >= 0.3 is 6.18 Å². The highest BCUT2D eigenvalue weighted by Crippen LogP contribution is 2.34. The Morgan fingerprint density at radius 1 is 1.18 bits per heavy atom. The number of alkyl halides is 3. The minimum Gasteiger partial charge on any atom is -0.325 e. The molecule has 0 amide bonds. The van der Waals surface area contributed by atoms with Gasteiger partial charge in [-0.3, -0.25) is 0 Å². The monoisotopic (exact) mass is 325 g/mol. The smallest absolute Gasteiger partial charge is 0.325 e. The average Bonchev–Trinajstić information content (AvgIpc) is 2.86. The number of nitrogens with two attached hydrogens (primary N) is 1. The molecule has 3 aromatic rings. The van der Waals surface area contributed by atoms with Gasteiger partial charge in [-0.05, 0) is 6.07 Å². The minimum absolute atomic E-state index is 0.0447. The van der Waals surface area contributed by atoms with Crippen molar-refractivity contribution in [2.24, 2.45) is 5.73 Å². The third-order valence-corrected chi connectivity index (χ3v) is 3.62. The molecule has 2 N–H and O–H groups in total. The molecule has 0 radical (unpaired) electrons. The van der Waals surface area contributed by atoms with Crippen molar-refractivity contribution in [1.29, 1.82) is 0 Å². The molecule has 0 aliphatic heterocycles. The zero-order valence-corrected chi connectivity index (χ0v) is 12.0. The molecule has 2 heterocycles. The summed E-state index contributed by atoms with van der Waals surface area (Å²) in [4.78, 5) is 4.36. The lowest BCUT2D eigenvalue weighted by molar-refractivity contribution is -0.137. The molecule has 0 bridgehead atoms. The molecule has 1 aromatic carbocycles. The summed E-state index contributed by atoms with van der Waals surface area (Å²) in [5.74, 6) is 0. The van der Waals surface area contributed by atoms with Gasteiger partial charge in [0.25, 0.3) is 0 Å². The fourth-order valence-electron chi connectivity index (χ4n) is 2.33. The first-order valence-electron chi connectivity index (χ1n) is 6.45. The van der Waals surface area contributed by atoms with E-state index in [1.54, 1.807) is 0 Å². The number of hydrogen-bond acceptors (Lipinski definition) is 2. The van der Waals surface area contributed by atoms with E-state index >= 15 is 0 Å². The molecule has 22 heavy (non-hydrogen) atoms. The summed E-state index contributed by atoms with van der Waals surface area (Å²) < 4.78 is 40.1. The van der Waals surface area contributed by atoms with Gasteiger partial charge < -0.3 is 10.1 Å². The van der Waals surface area contributed by atoms with Crippen LogP contribution >= 0.6 is 11.6 Å². The number of pyridine rings is 1. The van der Waals surface area contributed by atoms with E-state index in [2.05, 4.69) is 4.98 Å². The van der Waals surface area contributed by atoms with Crippen LogP contribution in [0.5, 0.6) is 0 Å². The Morgan fingerprint density at radius 2 is 1.86 bits per heavy atom.